The number of hydrogen-bond donors (Lipinski definition) is 2. The van der Waals surface area contributed by atoms with Crippen LogP contribution in [-0.2, 0) is 0 Å². The number of Topliss-reactive ketones (excluding diaryl/α,β-unsaturated/α-hetero) is 2. The van der Waals surface area contributed by atoms with Crippen LogP contribution in [0, 0.1) is 0 Å². The van der Waals surface area contributed by atoms with Crippen LogP contribution in [0.15, 0.2) is 72.1 Å². The Balaban J connectivity index is 1.86. The van der Waals surface area contributed by atoms with Crippen LogP contribution in [0.1, 0.15) is 37.3 Å². The first-order valence-electron chi connectivity index (χ1n) is 8.36. The fourth-order valence-electron chi connectivity index (χ4n) is 2.53. The van der Waals surface area contributed by atoms with E-state index in [1.165, 1.54) is 18.3 Å². The van der Waals surface area contributed by atoms with Crippen molar-refractivity contribution in [2.75, 3.05) is 5.32 Å². The molecule has 0 aliphatic carbocycles. The van der Waals surface area contributed by atoms with E-state index in [0.717, 1.165) is 0 Å². The first kappa shape index (κ1) is 18.5. The van der Waals surface area contributed by atoms with Gasteiger partial charge in [-0.25, -0.2) is 0 Å². The molecule has 5 nitrogen and oxygen atoms in total. The maximum absolute atomic E-state index is 12.9. The molecule has 0 aliphatic heterocycles. The van der Waals surface area contributed by atoms with Gasteiger partial charge in [-0.05, 0) is 42.6 Å². The molecule has 3 aromatic rings. The maximum atomic E-state index is 12.9. The first-order valence-corrected chi connectivity index (χ1v) is 9.24. The molecule has 0 spiro atoms. The molecule has 0 aliphatic rings. The Morgan fingerprint density at radius 3 is 2.30 bits per heavy atom. The summed E-state index contributed by atoms with van der Waals surface area (Å²) in [5.41, 5.74) is 1.56. The van der Waals surface area contributed by atoms with Gasteiger partial charge < -0.3 is 10.6 Å². The molecule has 6 heteroatoms. The molecule has 0 radical (unpaired) electrons. The zero-order valence-electron chi connectivity index (χ0n) is 14.6. The summed E-state index contributed by atoms with van der Waals surface area (Å²) in [6.45, 7) is 1.48. The van der Waals surface area contributed by atoms with E-state index >= 15 is 0 Å². The standard InChI is InChI=1S/C21H18N2O3S/c1-14(24)16-9-5-10-17(13-16)22-20(19(25)18-11-6-12-27-18)23-21(26)15-7-3-2-4-8-15/h2-13,20,22H,1H3,(H,23,26)/t20-/m1/s1. The van der Waals surface area contributed by atoms with Gasteiger partial charge in [0, 0.05) is 16.8 Å². The molecule has 136 valence electrons. The number of benzene rings is 2. The van der Waals surface area contributed by atoms with Gasteiger partial charge in [0.15, 0.2) is 11.9 Å². The quantitative estimate of drug-likeness (QED) is 0.481. The van der Waals surface area contributed by atoms with E-state index in [1.54, 1.807) is 66.0 Å². The second-order valence-electron chi connectivity index (χ2n) is 5.90. The van der Waals surface area contributed by atoms with E-state index in [-0.39, 0.29) is 17.5 Å². The summed E-state index contributed by atoms with van der Waals surface area (Å²) in [7, 11) is 0. The van der Waals surface area contributed by atoms with Gasteiger partial charge in [0.25, 0.3) is 5.91 Å². The third kappa shape index (κ3) is 4.68. The molecule has 3 rings (SSSR count). The number of rotatable bonds is 7. The molecule has 1 heterocycles. The van der Waals surface area contributed by atoms with E-state index in [1.807, 2.05) is 6.07 Å². The lowest BCUT2D eigenvalue weighted by molar-refractivity contribution is 0.0871. The highest BCUT2D eigenvalue weighted by Crippen LogP contribution is 2.16. The minimum absolute atomic E-state index is 0.0758. The first-order chi connectivity index (χ1) is 13.0. The van der Waals surface area contributed by atoms with Gasteiger partial charge in [-0.3, -0.25) is 14.4 Å². The predicted molar refractivity (Wildman–Crippen MR) is 106 cm³/mol. The molecule has 0 unspecified atom stereocenters. The molecule has 0 saturated heterocycles. The van der Waals surface area contributed by atoms with Gasteiger partial charge >= 0.3 is 0 Å². The van der Waals surface area contributed by atoms with Gasteiger partial charge in [-0.15, -0.1) is 11.3 Å². The summed E-state index contributed by atoms with van der Waals surface area (Å²) in [4.78, 5) is 37.5. The Hall–Kier alpha value is -3.25. The zero-order chi connectivity index (χ0) is 19.2. The second-order valence-corrected chi connectivity index (χ2v) is 6.84. The third-order valence-corrected chi connectivity index (χ3v) is 4.80. The third-order valence-electron chi connectivity index (χ3n) is 3.92. The van der Waals surface area contributed by atoms with Crippen LogP contribution in [0.4, 0.5) is 5.69 Å². The van der Waals surface area contributed by atoms with Crippen LogP contribution in [0.2, 0.25) is 0 Å². The van der Waals surface area contributed by atoms with Gasteiger partial charge in [0.1, 0.15) is 0 Å². The largest absolute Gasteiger partial charge is 0.359 e. The predicted octanol–water partition coefficient (Wildman–Crippen LogP) is 4.00. The van der Waals surface area contributed by atoms with Gasteiger partial charge in [-0.1, -0.05) is 36.4 Å². The number of nitrogens with one attached hydrogen (secondary N) is 2. The Labute approximate surface area is 161 Å². The van der Waals surface area contributed by atoms with E-state index in [4.69, 9.17) is 0 Å². The van der Waals surface area contributed by atoms with Crippen molar-refractivity contribution in [2.45, 2.75) is 13.1 Å². The second kappa shape index (κ2) is 8.42. The molecule has 1 aromatic heterocycles. The number of carbonyl (C=O) groups excluding carboxylic acids is 3. The van der Waals surface area contributed by atoms with Gasteiger partial charge in [0.05, 0.1) is 4.88 Å². The lowest BCUT2D eigenvalue weighted by Crippen LogP contribution is -2.46. The lowest BCUT2D eigenvalue weighted by Gasteiger charge is -2.20. The Morgan fingerprint density at radius 2 is 1.63 bits per heavy atom. The lowest BCUT2D eigenvalue weighted by atomic mass is 10.1. The van der Waals surface area contributed by atoms with Crippen LogP contribution in [0.25, 0.3) is 0 Å². The van der Waals surface area contributed by atoms with Crippen LogP contribution >= 0.6 is 11.3 Å². The average Bonchev–Trinajstić information content (AvgIpc) is 3.22. The van der Waals surface area contributed by atoms with Crippen molar-refractivity contribution in [2.24, 2.45) is 0 Å². The minimum atomic E-state index is -0.960. The Morgan fingerprint density at radius 1 is 0.889 bits per heavy atom. The van der Waals surface area contributed by atoms with E-state index in [0.29, 0.717) is 21.7 Å². The molecule has 2 aromatic carbocycles. The Bertz CT molecular complexity index is 953. The maximum Gasteiger partial charge on any atom is 0.253 e. The van der Waals surface area contributed by atoms with Crippen LogP contribution in [0.3, 0.4) is 0 Å². The van der Waals surface area contributed by atoms with Crippen molar-refractivity contribution >= 4 is 34.5 Å². The van der Waals surface area contributed by atoms with Crippen molar-refractivity contribution in [1.29, 1.82) is 0 Å². The molecule has 0 fully saturated rings. The molecule has 0 bridgehead atoms. The minimum Gasteiger partial charge on any atom is -0.359 e. The normalized spacial score (nSPS) is 11.4. The van der Waals surface area contributed by atoms with Crippen molar-refractivity contribution in [3.05, 3.63) is 88.1 Å². The molecule has 1 amide bonds. The summed E-state index contributed by atoms with van der Waals surface area (Å²) in [5, 5.41) is 7.58. The smallest absolute Gasteiger partial charge is 0.253 e. The van der Waals surface area contributed by atoms with Crippen LogP contribution in [-0.4, -0.2) is 23.6 Å². The number of carbonyl (C=O) groups is 3. The topological polar surface area (TPSA) is 75.3 Å². The summed E-state index contributed by atoms with van der Waals surface area (Å²) >= 11 is 1.31. The number of thiophene rings is 1. The van der Waals surface area contributed by atoms with E-state index in [9.17, 15) is 14.4 Å². The summed E-state index contributed by atoms with van der Waals surface area (Å²) < 4.78 is 0. The molecular formula is C21H18N2O3S. The van der Waals surface area contributed by atoms with Crippen molar-refractivity contribution in [3.8, 4) is 0 Å². The zero-order valence-corrected chi connectivity index (χ0v) is 15.5. The highest BCUT2D eigenvalue weighted by molar-refractivity contribution is 7.12. The monoisotopic (exact) mass is 378 g/mol. The summed E-state index contributed by atoms with van der Waals surface area (Å²) in [6.07, 6.45) is -0.960. The highest BCUT2D eigenvalue weighted by Gasteiger charge is 2.23. The van der Waals surface area contributed by atoms with Crippen LogP contribution in [0.5, 0.6) is 0 Å². The summed E-state index contributed by atoms with van der Waals surface area (Å²) in [6, 6.07) is 19.0. The van der Waals surface area contributed by atoms with Crippen molar-refractivity contribution in [3.63, 3.8) is 0 Å². The number of amides is 1. The van der Waals surface area contributed by atoms with Crippen molar-refractivity contribution < 1.29 is 14.4 Å². The molecule has 1 atom stereocenters. The molecule has 0 saturated carbocycles. The van der Waals surface area contributed by atoms with Crippen molar-refractivity contribution in [1.82, 2.24) is 5.32 Å². The average molecular weight is 378 g/mol. The fourth-order valence-corrected chi connectivity index (χ4v) is 3.22. The highest BCUT2D eigenvalue weighted by atomic mass is 32.1. The van der Waals surface area contributed by atoms with E-state index in [2.05, 4.69) is 10.6 Å². The van der Waals surface area contributed by atoms with Gasteiger partial charge in [-0.2, -0.15) is 0 Å². The molecular weight excluding hydrogens is 360 g/mol. The molecule has 27 heavy (non-hydrogen) atoms. The van der Waals surface area contributed by atoms with Gasteiger partial charge in [0.2, 0.25) is 5.78 Å². The summed E-state index contributed by atoms with van der Waals surface area (Å²) in [5.74, 6) is -0.684. The van der Waals surface area contributed by atoms with E-state index < -0.39 is 6.17 Å². The number of hydrogen-bond acceptors (Lipinski definition) is 5. The molecule has 2 N–H and O–H groups in total. The number of ketones is 2. The Kier molecular flexibility index (Phi) is 5.78. The fraction of sp³-hybridized carbons (Fsp3) is 0.0952. The SMILES string of the molecule is CC(=O)c1cccc(N[C@H](NC(=O)c2ccccc2)C(=O)c2cccs2)c1. The van der Waals surface area contributed by atoms with Crippen LogP contribution < -0.4 is 10.6 Å². The number of anilines is 1.